The first kappa shape index (κ1) is 21.1. The second kappa shape index (κ2) is 10.3. The van der Waals surface area contributed by atoms with Gasteiger partial charge in [-0.25, -0.2) is 0 Å². The van der Waals surface area contributed by atoms with Crippen LogP contribution in [0.1, 0.15) is 31.9 Å². The van der Waals surface area contributed by atoms with E-state index in [0.717, 1.165) is 16.9 Å². The second-order valence-corrected chi connectivity index (χ2v) is 7.57. The van der Waals surface area contributed by atoms with Gasteiger partial charge in [0.2, 0.25) is 5.91 Å². The molecule has 0 saturated carbocycles. The summed E-state index contributed by atoms with van der Waals surface area (Å²) in [6.45, 7) is 3.95. The fraction of sp³-hybridized carbons (Fsp3) is 0.200. The van der Waals surface area contributed by atoms with Crippen molar-refractivity contribution in [3.05, 3.63) is 90.5 Å². The lowest BCUT2D eigenvalue weighted by molar-refractivity contribution is -0.127. The average molecular weight is 402 g/mol. The van der Waals surface area contributed by atoms with Crippen molar-refractivity contribution in [3.63, 3.8) is 0 Å². The summed E-state index contributed by atoms with van der Waals surface area (Å²) in [7, 11) is 0. The molecule has 3 N–H and O–H groups in total. The minimum Gasteiger partial charge on any atom is -0.356 e. The molecule has 5 heteroatoms. The molecule has 30 heavy (non-hydrogen) atoms. The zero-order valence-corrected chi connectivity index (χ0v) is 17.3. The second-order valence-electron chi connectivity index (χ2n) is 7.57. The minimum absolute atomic E-state index is 0.142. The highest BCUT2D eigenvalue weighted by Gasteiger charge is 2.23. The molecule has 3 rings (SSSR count). The molecule has 3 aromatic carbocycles. The number of para-hydroxylation sites is 1. The maximum Gasteiger partial charge on any atom is 0.251 e. The molecule has 2 amide bonds. The van der Waals surface area contributed by atoms with Gasteiger partial charge in [-0.1, -0.05) is 62.4 Å². The van der Waals surface area contributed by atoms with Crippen LogP contribution in [0.15, 0.2) is 84.9 Å². The lowest BCUT2D eigenvalue weighted by Gasteiger charge is -2.20. The summed E-state index contributed by atoms with van der Waals surface area (Å²) in [5.74, 6) is -0.201. The Bertz CT molecular complexity index is 955. The first-order valence-corrected chi connectivity index (χ1v) is 10.1. The highest BCUT2D eigenvalue weighted by Crippen LogP contribution is 2.21. The molecule has 154 valence electrons. The summed E-state index contributed by atoms with van der Waals surface area (Å²) in [5.41, 5.74) is 3.32. The van der Waals surface area contributed by atoms with E-state index < -0.39 is 6.04 Å². The maximum absolute atomic E-state index is 13.0. The van der Waals surface area contributed by atoms with Crippen LogP contribution in [-0.4, -0.2) is 11.8 Å². The van der Waals surface area contributed by atoms with Gasteiger partial charge in [0.15, 0.2) is 0 Å². The van der Waals surface area contributed by atoms with Crippen LogP contribution in [0, 0.1) is 5.92 Å². The first-order chi connectivity index (χ1) is 14.5. The van der Waals surface area contributed by atoms with Gasteiger partial charge in [0, 0.05) is 23.5 Å². The van der Waals surface area contributed by atoms with E-state index in [0.29, 0.717) is 12.1 Å². The van der Waals surface area contributed by atoms with E-state index in [-0.39, 0.29) is 17.7 Å². The third-order valence-corrected chi connectivity index (χ3v) is 4.51. The van der Waals surface area contributed by atoms with Gasteiger partial charge in [-0.15, -0.1) is 0 Å². The molecule has 0 aromatic heterocycles. The quantitative estimate of drug-likeness (QED) is 0.481. The highest BCUT2D eigenvalue weighted by molar-refractivity contribution is 5.98. The van der Waals surface area contributed by atoms with E-state index in [2.05, 4.69) is 16.0 Å². The Morgan fingerprint density at radius 1 is 0.733 bits per heavy atom. The average Bonchev–Trinajstić information content (AvgIpc) is 2.74. The summed E-state index contributed by atoms with van der Waals surface area (Å²) in [6.07, 6.45) is 0.371. The van der Waals surface area contributed by atoms with Crippen LogP contribution < -0.4 is 16.0 Å². The lowest BCUT2D eigenvalue weighted by atomic mass is 10.0. The first-order valence-electron chi connectivity index (χ1n) is 10.1. The Balaban J connectivity index is 1.69. The summed E-state index contributed by atoms with van der Waals surface area (Å²) in [4.78, 5) is 25.3. The number of hydrogen-bond acceptors (Lipinski definition) is 3. The van der Waals surface area contributed by atoms with E-state index >= 15 is 0 Å². The number of benzene rings is 3. The molecule has 0 aliphatic rings. The van der Waals surface area contributed by atoms with Crippen LogP contribution in [0.4, 0.5) is 17.1 Å². The molecule has 0 saturated heterocycles. The number of nitrogens with one attached hydrogen (secondary N) is 3. The molecular weight excluding hydrogens is 374 g/mol. The fourth-order valence-corrected chi connectivity index (χ4v) is 3.08. The minimum atomic E-state index is -0.750. The van der Waals surface area contributed by atoms with Crippen LogP contribution in [0.2, 0.25) is 0 Å². The van der Waals surface area contributed by atoms with E-state index in [9.17, 15) is 9.59 Å². The molecule has 1 unspecified atom stereocenters. The molecule has 1 atom stereocenters. The van der Waals surface area contributed by atoms with E-state index in [1.165, 1.54) is 0 Å². The molecule has 0 heterocycles. The van der Waals surface area contributed by atoms with Crippen molar-refractivity contribution in [2.45, 2.75) is 26.3 Å². The van der Waals surface area contributed by atoms with Crippen LogP contribution in [0.25, 0.3) is 0 Å². The zero-order valence-electron chi connectivity index (χ0n) is 17.3. The van der Waals surface area contributed by atoms with Gasteiger partial charge in [0.25, 0.3) is 5.91 Å². The fourth-order valence-electron chi connectivity index (χ4n) is 3.08. The number of carbonyl (C=O) groups is 2. The van der Waals surface area contributed by atoms with Crippen molar-refractivity contribution >= 4 is 28.9 Å². The molecule has 0 aliphatic carbocycles. The Hall–Kier alpha value is -3.60. The van der Waals surface area contributed by atoms with Crippen LogP contribution in [0.3, 0.4) is 0 Å². The van der Waals surface area contributed by atoms with Gasteiger partial charge in [-0.2, -0.15) is 0 Å². The third-order valence-electron chi connectivity index (χ3n) is 4.51. The molecule has 3 aromatic rings. The predicted molar refractivity (Wildman–Crippen MR) is 122 cm³/mol. The van der Waals surface area contributed by atoms with Gasteiger partial charge in [-0.3, -0.25) is 9.59 Å². The predicted octanol–water partition coefficient (Wildman–Crippen LogP) is 5.27. The van der Waals surface area contributed by atoms with Crippen molar-refractivity contribution in [2.75, 3.05) is 10.6 Å². The van der Waals surface area contributed by atoms with Crippen molar-refractivity contribution in [1.82, 2.24) is 5.32 Å². The SMILES string of the molecule is CC(C)CC(=O)NC(C(=O)Nc1ccc(Nc2ccccc2)cc1)c1ccccc1. The maximum atomic E-state index is 13.0. The summed E-state index contributed by atoms with van der Waals surface area (Å²) >= 11 is 0. The molecule has 0 aliphatic heterocycles. The van der Waals surface area contributed by atoms with E-state index in [1.54, 1.807) is 0 Å². The van der Waals surface area contributed by atoms with Crippen LogP contribution >= 0.6 is 0 Å². The van der Waals surface area contributed by atoms with Crippen molar-refractivity contribution in [3.8, 4) is 0 Å². The zero-order chi connectivity index (χ0) is 21.3. The van der Waals surface area contributed by atoms with Crippen molar-refractivity contribution in [1.29, 1.82) is 0 Å². The Kier molecular flexibility index (Phi) is 7.22. The van der Waals surface area contributed by atoms with Gasteiger partial charge in [-0.05, 0) is 47.9 Å². The molecule has 0 radical (unpaired) electrons. The topological polar surface area (TPSA) is 70.2 Å². The summed E-state index contributed by atoms with van der Waals surface area (Å²) < 4.78 is 0. The van der Waals surface area contributed by atoms with Crippen molar-refractivity contribution in [2.24, 2.45) is 5.92 Å². The Morgan fingerprint density at radius 2 is 1.27 bits per heavy atom. The van der Waals surface area contributed by atoms with Crippen LogP contribution in [0.5, 0.6) is 0 Å². The normalized spacial score (nSPS) is 11.6. The monoisotopic (exact) mass is 401 g/mol. The molecule has 0 bridgehead atoms. The smallest absolute Gasteiger partial charge is 0.251 e. The molecule has 0 spiro atoms. The van der Waals surface area contributed by atoms with Gasteiger partial charge in [0.1, 0.15) is 6.04 Å². The standard InChI is InChI=1S/C25H27N3O2/c1-18(2)17-23(29)28-24(19-9-5-3-6-10-19)25(30)27-22-15-13-21(14-16-22)26-20-11-7-4-8-12-20/h3-16,18,24,26H,17H2,1-2H3,(H,27,30)(H,28,29). The van der Waals surface area contributed by atoms with Gasteiger partial charge < -0.3 is 16.0 Å². The lowest BCUT2D eigenvalue weighted by Crippen LogP contribution is -2.37. The van der Waals surface area contributed by atoms with E-state index in [1.807, 2.05) is 98.8 Å². The number of anilines is 3. The Morgan fingerprint density at radius 3 is 1.87 bits per heavy atom. The molecule has 5 nitrogen and oxygen atoms in total. The summed E-state index contributed by atoms with van der Waals surface area (Å²) in [5, 5.41) is 9.08. The van der Waals surface area contributed by atoms with Crippen molar-refractivity contribution < 1.29 is 9.59 Å². The van der Waals surface area contributed by atoms with Crippen LogP contribution in [-0.2, 0) is 9.59 Å². The largest absolute Gasteiger partial charge is 0.356 e. The molecule has 0 fully saturated rings. The van der Waals surface area contributed by atoms with Gasteiger partial charge >= 0.3 is 0 Å². The number of rotatable bonds is 8. The third kappa shape index (κ3) is 6.21. The summed E-state index contributed by atoms with van der Waals surface area (Å²) in [6, 6.07) is 25.9. The number of carbonyl (C=O) groups excluding carboxylic acids is 2. The highest BCUT2D eigenvalue weighted by atomic mass is 16.2. The molecular formula is C25H27N3O2. The number of amides is 2. The van der Waals surface area contributed by atoms with E-state index in [4.69, 9.17) is 0 Å². The number of hydrogen-bond donors (Lipinski definition) is 3. The Labute approximate surface area is 177 Å². The van der Waals surface area contributed by atoms with Gasteiger partial charge in [0.05, 0.1) is 0 Å².